The lowest BCUT2D eigenvalue weighted by molar-refractivity contribution is 0.736. The predicted octanol–water partition coefficient (Wildman–Crippen LogP) is 9.34. The van der Waals surface area contributed by atoms with Gasteiger partial charge in [0.15, 0.2) is 0 Å². The summed E-state index contributed by atoms with van der Waals surface area (Å²) in [5.41, 5.74) is 2.63. The highest BCUT2D eigenvalue weighted by atomic mass is 14.7. The zero-order valence-corrected chi connectivity index (χ0v) is 19.5. The second-order valence-corrected chi connectivity index (χ2v) is 7.25. The second-order valence-electron chi connectivity index (χ2n) is 7.25. The largest absolute Gasteiger partial charge is 0.261 e. The molecular formula is C24H53N. The Balaban J connectivity index is -0.0000000864. The van der Waals surface area contributed by atoms with E-state index in [1.807, 2.05) is 40.0 Å². The Labute approximate surface area is 163 Å². The average Bonchev–Trinajstić information content (AvgIpc) is 2.50. The van der Waals surface area contributed by atoms with Crippen molar-refractivity contribution in [1.82, 2.24) is 4.98 Å². The molecule has 0 unspecified atom stereocenters. The molecule has 0 bridgehead atoms. The molecule has 1 heterocycles. The first-order chi connectivity index (χ1) is 11.1. The Morgan fingerprint density at radius 3 is 1.16 bits per heavy atom. The van der Waals surface area contributed by atoms with Crippen LogP contribution in [0, 0.1) is 11.8 Å². The average molecular weight is 356 g/mol. The highest BCUT2D eigenvalue weighted by Crippen LogP contribution is 2.23. The molecule has 0 fully saturated rings. The Hall–Kier alpha value is -0.850. The van der Waals surface area contributed by atoms with Gasteiger partial charge in [-0.05, 0) is 35.3 Å². The SMILES string of the molecule is C.CC.CC.CC(C)C.CC(C)C.CC(C)c1cccnc1C(C)C. The van der Waals surface area contributed by atoms with Crippen molar-refractivity contribution in [1.29, 1.82) is 0 Å². The van der Waals surface area contributed by atoms with Crippen LogP contribution in [0.3, 0.4) is 0 Å². The summed E-state index contributed by atoms with van der Waals surface area (Å²) in [6.45, 7) is 29.8. The third-order valence-corrected chi connectivity index (χ3v) is 2.04. The first kappa shape index (κ1) is 35.3. The molecule has 1 aromatic heterocycles. The van der Waals surface area contributed by atoms with Gasteiger partial charge in [-0.3, -0.25) is 4.98 Å². The quantitative estimate of drug-likeness (QED) is 0.515. The molecule has 0 saturated heterocycles. The molecule has 0 saturated carbocycles. The third kappa shape index (κ3) is 31.4. The van der Waals surface area contributed by atoms with Crippen LogP contribution in [0.15, 0.2) is 18.3 Å². The van der Waals surface area contributed by atoms with Gasteiger partial charge in [0.05, 0.1) is 0 Å². The third-order valence-electron chi connectivity index (χ3n) is 2.04. The standard InChI is InChI=1S/C11H17N.2C4H10.2C2H6.CH4/c1-8(2)10-6-5-7-12-11(10)9(3)4;2*1-4(2)3;2*1-2;/h5-9H,1-4H3;2*4H,1-3H3;2*1-2H3;1H4. The van der Waals surface area contributed by atoms with Gasteiger partial charge in [0.25, 0.3) is 0 Å². The van der Waals surface area contributed by atoms with E-state index >= 15 is 0 Å². The van der Waals surface area contributed by atoms with Crippen molar-refractivity contribution in [2.75, 3.05) is 0 Å². The van der Waals surface area contributed by atoms with Crippen LogP contribution in [-0.2, 0) is 0 Å². The summed E-state index contributed by atoms with van der Waals surface area (Å²) in [5.74, 6) is 2.78. The van der Waals surface area contributed by atoms with E-state index in [0.717, 1.165) is 11.8 Å². The number of hydrogen-bond acceptors (Lipinski definition) is 1. The van der Waals surface area contributed by atoms with E-state index in [9.17, 15) is 0 Å². The van der Waals surface area contributed by atoms with E-state index in [4.69, 9.17) is 0 Å². The van der Waals surface area contributed by atoms with Crippen molar-refractivity contribution in [3.05, 3.63) is 29.6 Å². The zero-order valence-electron chi connectivity index (χ0n) is 19.5. The number of nitrogens with zero attached hydrogens (tertiary/aromatic N) is 1. The Morgan fingerprint density at radius 1 is 0.640 bits per heavy atom. The first-order valence-electron chi connectivity index (χ1n) is 10.0. The van der Waals surface area contributed by atoms with Gasteiger partial charge in [-0.2, -0.15) is 0 Å². The molecule has 1 rings (SSSR count). The van der Waals surface area contributed by atoms with Gasteiger partial charge < -0.3 is 0 Å². The number of aromatic nitrogens is 1. The maximum absolute atomic E-state index is 4.40. The fourth-order valence-electron chi connectivity index (χ4n) is 1.40. The Bertz CT molecular complexity index is 286. The molecule has 1 aromatic rings. The van der Waals surface area contributed by atoms with Gasteiger partial charge in [0.2, 0.25) is 0 Å². The minimum atomic E-state index is 0. The highest BCUT2D eigenvalue weighted by Gasteiger charge is 2.09. The molecule has 0 N–H and O–H groups in total. The monoisotopic (exact) mass is 355 g/mol. The smallest absolute Gasteiger partial charge is 0.0463 e. The maximum atomic E-state index is 4.40. The Morgan fingerprint density at radius 2 is 0.960 bits per heavy atom. The minimum absolute atomic E-state index is 0. The van der Waals surface area contributed by atoms with Gasteiger partial charge in [0, 0.05) is 11.9 Å². The van der Waals surface area contributed by atoms with Gasteiger partial charge in [0.1, 0.15) is 0 Å². The highest BCUT2D eigenvalue weighted by molar-refractivity contribution is 5.25. The molecule has 0 spiro atoms. The van der Waals surface area contributed by atoms with Crippen molar-refractivity contribution < 1.29 is 0 Å². The van der Waals surface area contributed by atoms with Crippen molar-refractivity contribution in [2.24, 2.45) is 11.8 Å². The Kier molecular flexibility index (Phi) is 35.8. The van der Waals surface area contributed by atoms with Crippen molar-refractivity contribution in [2.45, 2.75) is 116 Å². The molecule has 25 heavy (non-hydrogen) atoms. The molecule has 0 aliphatic carbocycles. The predicted molar refractivity (Wildman–Crippen MR) is 123 cm³/mol. The van der Waals surface area contributed by atoms with E-state index in [1.165, 1.54) is 11.3 Å². The fraction of sp³-hybridized carbons (Fsp3) is 0.792. The summed E-state index contributed by atoms with van der Waals surface area (Å²) in [6, 6.07) is 4.19. The molecule has 0 aromatic carbocycles. The molecule has 1 heteroatoms. The van der Waals surface area contributed by atoms with E-state index in [2.05, 4.69) is 80.3 Å². The minimum Gasteiger partial charge on any atom is -0.261 e. The van der Waals surface area contributed by atoms with E-state index < -0.39 is 0 Å². The summed E-state index contributed by atoms with van der Waals surface area (Å²) < 4.78 is 0. The molecule has 0 amide bonds. The van der Waals surface area contributed by atoms with Crippen LogP contribution in [0.5, 0.6) is 0 Å². The summed E-state index contributed by atoms with van der Waals surface area (Å²) in [5, 5.41) is 0. The lowest BCUT2D eigenvalue weighted by Crippen LogP contribution is -2.00. The van der Waals surface area contributed by atoms with E-state index in [0.29, 0.717) is 11.8 Å². The lowest BCUT2D eigenvalue weighted by atomic mass is 9.96. The molecule has 0 aliphatic rings. The second kappa shape index (κ2) is 25.4. The molecule has 0 radical (unpaired) electrons. The van der Waals surface area contributed by atoms with Crippen LogP contribution >= 0.6 is 0 Å². The van der Waals surface area contributed by atoms with Crippen molar-refractivity contribution >= 4 is 0 Å². The molecule has 1 nitrogen and oxygen atoms in total. The molecular weight excluding hydrogens is 302 g/mol. The molecule has 0 atom stereocenters. The molecule has 154 valence electrons. The van der Waals surface area contributed by atoms with Crippen LogP contribution in [0.25, 0.3) is 0 Å². The number of hydrogen-bond donors (Lipinski definition) is 0. The summed E-state index contributed by atoms with van der Waals surface area (Å²) in [7, 11) is 0. The van der Waals surface area contributed by atoms with Crippen LogP contribution in [0.2, 0.25) is 0 Å². The van der Waals surface area contributed by atoms with E-state index in [1.54, 1.807) is 0 Å². The van der Waals surface area contributed by atoms with Gasteiger partial charge in [-0.1, -0.05) is 110 Å². The van der Waals surface area contributed by atoms with Crippen molar-refractivity contribution in [3.63, 3.8) is 0 Å². The maximum Gasteiger partial charge on any atom is 0.0463 e. The van der Waals surface area contributed by atoms with Crippen LogP contribution < -0.4 is 0 Å². The normalized spacial score (nSPS) is 8.72. The molecule has 0 aliphatic heterocycles. The number of pyridine rings is 1. The van der Waals surface area contributed by atoms with Crippen LogP contribution in [-0.4, -0.2) is 4.98 Å². The summed E-state index contributed by atoms with van der Waals surface area (Å²) in [4.78, 5) is 4.40. The number of rotatable bonds is 2. The van der Waals surface area contributed by atoms with Gasteiger partial charge in [-0.15, -0.1) is 0 Å². The lowest BCUT2D eigenvalue weighted by Gasteiger charge is -2.13. The fourth-order valence-corrected chi connectivity index (χ4v) is 1.40. The van der Waals surface area contributed by atoms with Crippen LogP contribution in [0.1, 0.15) is 127 Å². The van der Waals surface area contributed by atoms with Gasteiger partial charge in [-0.25, -0.2) is 0 Å². The van der Waals surface area contributed by atoms with Crippen LogP contribution in [0.4, 0.5) is 0 Å². The summed E-state index contributed by atoms with van der Waals surface area (Å²) in [6.07, 6.45) is 1.88. The summed E-state index contributed by atoms with van der Waals surface area (Å²) >= 11 is 0. The van der Waals surface area contributed by atoms with Crippen molar-refractivity contribution in [3.8, 4) is 0 Å². The zero-order chi connectivity index (χ0) is 20.3. The first-order valence-corrected chi connectivity index (χ1v) is 10.0. The van der Waals surface area contributed by atoms with Gasteiger partial charge >= 0.3 is 0 Å². The topological polar surface area (TPSA) is 12.9 Å². The van der Waals surface area contributed by atoms with E-state index in [-0.39, 0.29) is 7.43 Å².